The molecule has 1 aliphatic rings. The second kappa shape index (κ2) is 8.71. The summed E-state index contributed by atoms with van der Waals surface area (Å²) in [4.78, 5) is 25.9. The van der Waals surface area contributed by atoms with Gasteiger partial charge in [-0.1, -0.05) is 24.3 Å². The first-order valence-electron chi connectivity index (χ1n) is 9.36. The van der Waals surface area contributed by atoms with Gasteiger partial charge in [0.15, 0.2) is 0 Å². The molecule has 0 bridgehead atoms. The fourth-order valence-corrected chi connectivity index (χ4v) is 3.40. The van der Waals surface area contributed by atoms with Crippen LogP contribution in [0.15, 0.2) is 42.5 Å². The molecule has 5 heteroatoms. The van der Waals surface area contributed by atoms with E-state index in [0.29, 0.717) is 25.8 Å². The molecule has 2 aromatic carbocycles. The standard InChI is InChI=1S/C22H26N2O3/c1-16-13-17(8-10-20(16)27-2)9-11-21(25)23-15-18-5-3-6-19(14-18)24-12-4-7-22(24)26/h3,5-6,8,10,13-14H,4,7,9,11-12,15H2,1-2H3,(H,23,25). The minimum atomic E-state index is 0.0196. The van der Waals surface area contributed by atoms with Crippen molar-refractivity contribution >= 4 is 17.5 Å². The van der Waals surface area contributed by atoms with E-state index in [9.17, 15) is 9.59 Å². The Bertz CT molecular complexity index is 832. The molecule has 0 aliphatic carbocycles. The van der Waals surface area contributed by atoms with E-state index in [2.05, 4.69) is 11.4 Å². The second-order valence-corrected chi connectivity index (χ2v) is 6.90. The Hall–Kier alpha value is -2.82. The molecule has 1 fully saturated rings. The molecule has 0 saturated carbocycles. The number of aryl methyl sites for hydroxylation is 2. The smallest absolute Gasteiger partial charge is 0.227 e. The number of hydrogen-bond acceptors (Lipinski definition) is 3. The van der Waals surface area contributed by atoms with Gasteiger partial charge in [0, 0.05) is 31.6 Å². The summed E-state index contributed by atoms with van der Waals surface area (Å²) in [7, 11) is 1.66. The zero-order chi connectivity index (χ0) is 19.2. The van der Waals surface area contributed by atoms with Gasteiger partial charge in [-0.2, -0.15) is 0 Å². The van der Waals surface area contributed by atoms with Crippen molar-refractivity contribution < 1.29 is 14.3 Å². The van der Waals surface area contributed by atoms with Gasteiger partial charge in [-0.15, -0.1) is 0 Å². The summed E-state index contributed by atoms with van der Waals surface area (Å²) in [5.41, 5.74) is 4.11. The number of carbonyl (C=O) groups is 2. The minimum Gasteiger partial charge on any atom is -0.496 e. The van der Waals surface area contributed by atoms with Gasteiger partial charge in [-0.3, -0.25) is 9.59 Å². The molecule has 2 aromatic rings. The van der Waals surface area contributed by atoms with E-state index < -0.39 is 0 Å². The number of hydrogen-bond donors (Lipinski definition) is 1. The highest BCUT2D eigenvalue weighted by atomic mass is 16.5. The number of rotatable bonds is 7. The number of methoxy groups -OCH3 is 1. The van der Waals surface area contributed by atoms with Crippen LogP contribution in [0, 0.1) is 6.92 Å². The predicted octanol–water partition coefficient (Wildman–Crippen LogP) is 3.38. The average molecular weight is 366 g/mol. The van der Waals surface area contributed by atoms with Gasteiger partial charge in [0.05, 0.1) is 7.11 Å². The minimum absolute atomic E-state index is 0.0196. The van der Waals surface area contributed by atoms with Crippen LogP contribution in [0.4, 0.5) is 5.69 Å². The fourth-order valence-electron chi connectivity index (χ4n) is 3.40. The van der Waals surface area contributed by atoms with Gasteiger partial charge >= 0.3 is 0 Å². The molecule has 27 heavy (non-hydrogen) atoms. The van der Waals surface area contributed by atoms with Crippen molar-refractivity contribution in [2.45, 2.75) is 39.2 Å². The number of ether oxygens (including phenoxy) is 1. The van der Waals surface area contributed by atoms with E-state index in [1.807, 2.05) is 48.2 Å². The molecule has 1 saturated heterocycles. The highest BCUT2D eigenvalue weighted by Crippen LogP contribution is 2.22. The van der Waals surface area contributed by atoms with Crippen LogP contribution in [-0.4, -0.2) is 25.5 Å². The fraction of sp³-hybridized carbons (Fsp3) is 0.364. The summed E-state index contributed by atoms with van der Waals surface area (Å²) >= 11 is 0. The van der Waals surface area contributed by atoms with Crippen molar-refractivity contribution in [3.63, 3.8) is 0 Å². The Kier molecular flexibility index (Phi) is 6.12. The molecule has 0 aromatic heterocycles. The number of carbonyl (C=O) groups excluding carboxylic acids is 2. The van der Waals surface area contributed by atoms with Gasteiger partial charge in [0.1, 0.15) is 5.75 Å². The summed E-state index contributed by atoms with van der Waals surface area (Å²) in [6.07, 6.45) is 2.66. The number of nitrogens with one attached hydrogen (secondary N) is 1. The van der Waals surface area contributed by atoms with Crippen LogP contribution in [0.3, 0.4) is 0 Å². The van der Waals surface area contributed by atoms with Crippen molar-refractivity contribution in [1.82, 2.24) is 5.32 Å². The Morgan fingerprint density at radius 1 is 1.19 bits per heavy atom. The zero-order valence-corrected chi connectivity index (χ0v) is 16.0. The van der Waals surface area contributed by atoms with Gasteiger partial charge < -0.3 is 15.0 Å². The number of amides is 2. The summed E-state index contributed by atoms with van der Waals surface area (Å²) < 4.78 is 5.26. The van der Waals surface area contributed by atoms with Crippen LogP contribution in [0.25, 0.3) is 0 Å². The number of anilines is 1. The third-order valence-corrected chi connectivity index (χ3v) is 4.89. The maximum atomic E-state index is 12.2. The maximum absolute atomic E-state index is 12.2. The lowest BCUT2D eigenvalue weighted by Crippen LogP contribution is -2.25. The Morgan fingerprint density at radius 2 is 2.04 bits per heavy atom. The van der Waals surface area contributed by atoms with Crippen molar-refractivity contribution in [1.29, 1.82) is 0 Å². The SMILES string of the molecule is COc1ccc(CCC(=O)NCc2cccc(N3CCCC3=O)c2)cc1C. The number of nitrogens with zero attached hydrogens (tertiary/aromatic N) is 1. The third-order valence-electron chi connectivity index (χ3n) is 4.89. The van der Waals surface area contributed by atoms with Crippen LogP contribution in [-0.2, 0) is 22.6 Å². The summed E-state index contributed by atoms with van der Waals surface area (Å²) in [6.45, 7) is 3.24. The third kappa shape index (κ3) is 4.88. The molecular weight excluding hydrogens is 340 g/mol. The van der Waals surface area contributed by atoms with E-state index >= 15 is 0 Å². The van der Waals surface area contributed by atoms with Crippen molar-refractivity contribution in [3.05, 3.63) is 59.2 Å². The van der Waals surface area contributed by atoms with Crippen LogP contribution in [0.1, 0.15) is 36.0 Å². The molecular formula is C22H26N2O3. The molecule has 1 aliphatic heterocycles. The monoisotopic (exact) mass is 366 g/mol. The highest BCUT2D eigenvalue weighted by molar-refractivity contribution is 5.95. The van der Waals surface area contributed by atoms with Gasteiger partial charge in [-0.25, -0.2) is 0 Å². The molecule has 0 unspecified atom stereocenters. The summed E-state index contributed by atoms with van der Waals surface area (Å²) in [5, 5.41) is 2.97. The maximum Gasteiger partial charge on any atom is 0.227 e. The van der Waals surface area contributed by atoms with Gasteiger partial charge in [0.25, 0.3) is 0 Å². The van der Waals surface area contributed by atoms with Crippen molar-refractivity contribution in [2.24, 2.45) is 0 Å². The molecule has 1 heterocycles. The second-order valence-electron chi connectivity index (χ2n) is 6.90. The molecule has 2 amide bonds. The largest absolute Gasteiger partial charge is 0.496 e. The normalized spacial score (nSPS) is 13.7. The zero-order valence-electron chi connectivity index (χ0n) is 16.0. The first-order chi connectivity index (χ1) is 13.1. The summed E-state index contributed by atoms with van der Waals surface area (Å²) in [6, 6.07) is 13.8. The lowest BCUT2D eigenvalue weighted by Gasteiger charge is -2.16. The highest BCUT2D eigenvalue weighted by Gasteiger charge is 2.21. The van der Waals surface area contributed by atoms with Crippen LogP contribution in [0.2, 0.25) is 0 Å². The Balaban J connectivity index is 1.50. The van der Waals surface area contributed by atoms with Crippen LogP contribution >= 0.6 is 0 Å². The van der Waals surface area contributed by atoms with E-state index in [-0.39, 0.29) is 11.8 Å². The lowest BCUT2D eigenvalue weighted by atomic mass is 10.1. The van der Waals surface area contributed by atoms with Gasteiger partial charge in [-0.05, 0) is 54.7 Å². The number of benzene rings is 2. The van der Waals surface area contributed by atoms with Crippen molar-refractivity contribution in [3.8, 4) is 5.75 Å². The van der Waals surface area contributed by atoms with E-state index in [0.717, 1.165) is 41.1 Å². The molecule has 3 rings (SSSR count). The molecule has 0 spiro atoms. The quantitative estimate of drug-likeness (QED) is 0.817. The predicted molar refractivity (Wildman–Crippen MR) is 106 cm³/mol. The first-order valence-corrected chi connectivity index (χ1v) is 9.36. The molecule has 142 valence electrons. The van der Waals surface area contributed by atoms with E-state index in [1.165, 1.54) is 0 Å². The first kappa shape index (κ1) is 19.0. The Labute approximate surface area is 160 Å². The topological polar surface area (TPSA) is 58.6 Å². The van der Waals surface area contributed by atoms with Crippen LogP contribution < -0.4 is 15.0 Å². The molecule has 0 radical (unpaired) electrons. The van der Waals surface area contributed by atoms with Crippen molar-refractivity contribution in [2.75, 3.05) is 18.6 Å². The lowest BCUT2D eigenvalue weighted by molar-refractivity contribution is -0.121. The molecule has 1 N–H and O–H groups in total. The molecule has 5 nitrogen and oxygen atoms in total. The summed E-state index contributed by atoms with van der Waals surface area (Å²) in [5.74, 6) is 1.05. The van der Waals surface area contributed by atoms with Gasteiger partial charge in [0.2, 0.25) is 11.8 Å². The molecule has 0 atom stereocenters. The Morgan fingerprint density at radius 3 is 2.74 bits per heavy atom. The van der Waals surface area contributed by atoms with Crippen LogP contribution in [0.5, 0.6) is 5.75 Å². The van der Waals surface area contributed by atoms with E-state index in [1.54, 1.807) is 7.11 Å². The average Bonchev–Trinajstić information content (AvgIpc) is 3.11. The van der Waals surface area contributed by atoms with E-state index in [4.69, 9.17) is 4.74 Å².